The van der Waals surface area contributed by atoms with E-state index in [4.69, 9.17) is 4.74 Å². The molecule has 0 aromatic carbocycles. The van der Waals surface area contributed by atoms with Gasteiger partial charge in [-0.25, -0.2) is 4.79 Å². The van der Waals surface area contributed by atoms with Crippen LogP contribution in [0.4, 0.5) is 4.79 Å². The average molecular weight is 303 g/mol. The van der Waals surface area contributed by atoms with Crippen molar-refractivity contribution < 1.29 is 9.53 Å². The Morgan fingerprint density at radius 3 is 2.58 bits per heavy atom. The minimum atomic E-state index is -0.418. The SMILES string of the molecule is CCCCC(C)OC(=O)N(Br)Br. The van der Waals surface area contributed by atoms with Gasteiger partial charge in [0.2, 0.25) is 0 Å². The summed E-state index contributed by atoms with van der Waals surface area (Å²) in [4.78, 5) is 10.9. The molecule has 0 aliphatic rings. The van der Waals surface area contributed by atoms with E-state index in [0.29, 0.717) is 0 Å². The molecule has 0 aliphatic carbocycles. The summed E-state index contributed by atoms with van der Waals surface area (Å²) in [5, 5.41) is 0. The molecule has 0 aromatic heterocycles. The normalized spacial score (nSPS) is 12.3. The molecule has 0 rings (SSSR count). The van der Waals surface area contributed by atoms with E-state index >= 15 is 0 Å². The summed E-state index contributed by atoms with van der Waals surface area (Å²) in [5.41, 5.74) is 0. The number of ether oxygens (including phenoxy) is 1. The Kier molecular flexibility index (Phi) is 6.84. The molecule has 5 heteroatoms. The van der Waals surface area contributed by atoms with Crippen LogP contribution < -0.4 is 0 Å². The van der Waals surface area contributed by atoms with Crippen LogP contribution in [0.5, 0.6) is 0 Å². The highest BCUT2D eigenvalue weighted by Gasteiger charge is 2.12. The minimum Gasteiger partial charge on any atom is -0.445 e. The first-order valence-corrected chi connectivity index (χ1v) is 5.32. The molecular weight excluding hydrogens is 290 g/mol. The van der Waals surface area contributed by atoms with Crippen molar-refractivity contribution >= 4 is 38.4 Å². The van der Waals surface area contributed by atoms with E-state index in [0.717, 1.165) is 22.2 Å². The third-order valence-electron chi connectivity index (χ3n) is 1.40. The van der Waals surface area contributed by atoms with Crippen molar-refractivity contribution in [3.05, 3.63) is 0 Å². The lowest BCUT2D eigenvalue weighted by Gasteiger charge is -2.13. The summed E-state index contributed by atoms with van der Waals surface area (Å²) in [6, 6.07) is 0. The number of rotatable bonds is 4. The monoisotopic (exact) mass is 301 g/mol. The molecule has 12 heavy (non-hydrogen) atoms. The van der Waals surface area contributed by atoms with Crippen LogP contribution in [0.1, 0.15) is 33.1 Å². The van der Waals surface area contributed by atoms with Crippen LogP contribution in [-0.2, 0) is 4.74 Å². The van der Waals surface area contributed by atoms with Gasteiger partial charge in [-0.05, 0) is 13.3 Å². The van der Waals surface area contributed by atoms with E-state index in [-0.39, 0.29) is 6.10 Å². The standard InChI is InChI=1S/C7H13Br2NO2/c1-3-4-5-6(2)12-7(11)10(8)9/h6H,3-5H2,1-2H3. The van der Waals surface area contributed by atoms with Crippen molar-refractivity contribution in [1.29, 1.82) is 0 Å². The van der Waals surface area contributed by atoms with Gasteiger partial charge in [0.25, 0.3) is 0 Å². The van der Waals surface area contributed by atoms with Gasteiger partial charge < -0.3 is 4.74 Å². The highest BCUT2D eigenvalue weighted by molar-refractivity contribution is 9.21. The largest absolute Gasteiger partial charge is 0.445 e. The molecule has 1 atom stereocenters. The van der Waals surface area contributed by atoms with Gasteiger partial charge in [-0.15, -0.1) is 0 Å². The Labute approximate surface area is 90.1 Å². The summed E-state index contributed by atoms with van der Waals surface area (Å²) >= 11 is 5.82. The number of carbonyl (C=O) groups is 1. The minimum absolute atomic E-state index is 0.0185. The van der Waals surface area contributed by atoms with Crippen molar-refractivity contribution in [2.45, 2.75) is 39.2 Å². The average Bonchev–Trinajstić information content (AvgIpc) is 2.00. The molecule has 0 saturated heterocycles. The van der Waals surface area contributed by atoms with Crippen LogP contribution >= 0.6 is 32.3 Å². The fraction of sp³-hybridized carbons (Fsp3) is 0.857. The second-order valence-electron chi connectivity index (χ2n) is 2.57. The molecule has 0 aliphatic heterocycles. The summed E-state index contributed by atoms with van der Waals surface area (Å²) < 4.78 is 6.08. The molecular formula is C7H13Br2NO2. The fourth-order valence-electron chi connectivity index (χ4n) is 0.762. The molecule has 3 nitrogen and oxygen atoms in total. The number of hydrogen-bond acceptors (Lipinski definition) is 2. The maximum Gasteiger partial charge on any atom is 0.430 e. The van der Waals surface area contributed by atoms with Gasteiger partial charge in [-0.1, -0.05) is 19.8 Å². The Morgan fingerprint density at radius 2 is 2.17 bits per heavy atom. The molecule has 0 saturated carbocycles. The fourth-order valence-corrected chi connectivity index (χ4v) is 0.930. The van der Waals surface area contributed by atoms with Gasteiger partial charge in [-0.2, -0.15) is 2.95 Å². The lowest BCUT2D eigenvalue weighted by Crippen LogP contribution is -2.19. The number of carbonyl (C=O) groups excluding carboxylic acids is 1. The van der Waals surface area contributed by atoms with Crippen LogP contribution in [0.3, 0.4) is 0 Å². The van der Waals surface area contributed by atoms with Crippen LogP contribution in [0.15, 0.2) is 0 Å². The molecule has 0 N–H and O–H groups in total. The van der Waals surface area contributed by atoms with Gasteiger partial charge in [0.15, 0.2) is 0 Å². The Morgan fingerprint density at radius 1 is 1.58 bits per heavy atom. The maximum absolute atomic E-state index is 10.9. The van der Waals surface area contributed by atoms with Gasteiger partial charge in [-0.3, -0.25) is 0 Å². The number of amides is 1. The Hall–Kier alpha value is 0.230. The summed E-state index contributed by atoms with van der Waals surface area (Å²) in [6.45, 7) is 3.99. The van der Waals surface area contributed by atoms with Crippen molar-refractivity contribution in [2.75, 3.05) is 0 Å². The van der Waals surface area contributed by atoms with E-state index in [1.807, 2.05) is 6.92 Å². The third kappa shape index (κ3) is 5.83. The van der Waals surface area contributed by atoms with Gasteiger partial charge in [0.1, 0.15) is 6.10 Å². The number of halogens is 2. The quantitative estimate of drug-likeness (QED) is 0.742. The van der Waals surface area contributed by atoms with E-state index in [9.17, 15) is 4.79 Å². The lowest BCUT2D eigenvalue weighted by atomic mass is 10.2. The molecule has 0 spiro atoms. The molecule has 0 radical (unpaired) electrons. The van der Waals surface area contributed by atoms with Gasteiger partial charge in [0.05, 0.1) is 32.3 Å². The lowest BCUT2D eigenvalue weighted by molar-refractivity contribution is 0.0988. The van der Waals surface area contributed by atoms with E-state index in [1.165, 1.54) is 0 Å². The highest BCUT2D eigenvalue weighted by Crippen LogP contribution is 2.11. The van der Waals surface area contributed by atoms with Crippen molar-refractivity contribution in [1.82, 2.24) is 2.95 Å². The number of hydrogen-bond donors (Lipinski definition) is 0. The zero-order valence-corrected chi connectivity index (χ0v) is 10.4. The second-order valence-corrected chi connectivity index (χ2v) is 4.94. The molecule has 0 fully saturated rings. The van der Waals surface area contributed by atoms with Crippen LogP contribution in [0, 0.1) is 0 Å². The molecule has 1 amide bonds. The molecule has 72 valence electrons. The number of unbranched alkanes of at least 4 members (excludes halogenated alkanes) is 1. The zero-order valence-electron chi connectivity index (χ0n) is 7.22. The Balaban J connectivity index is 3.54. The van der Waals surface area contributed by atoms with Crippen LogP contribution in [0.25, 0.3) is 0 Å². The maximum atomic E-state index is 10.9. The molecule has 0 heterocycles. The first-order valence-electron chi connectivity index (χ1n) is 3.90. The predicted octanol–water partition coefficient (Wildman–Crippen LogP) is 3.62. The summed E-state index contributed by atoms with van der Waals surface area (Å²) in [5.74, 6) is 0. The topological polar surface area (TPSA) is 29.5 Å². The van der Waals surface area contributed by atoms with Gasteiger partial charge >= 0.3 is 6.09 Å². The van der Waals surface area contributed by atoms with E-state index in [2.05, 4.69) is 39.2 Å². The van der Waals surface area contributed by atoms with Gasteiger partial charge in [0, 0.05) is 0 Å². The summed E-state index contributed by atoms with van der Waals surface area (Å²) in [7, 11) is 0. The molecule has 1 unspecified atom stereocenters. The van der Waals surface area contributed by atoms with E-state index < -0.39 is 6.09 Å². The highest BCUT2D eigenvalue weighted by atomic mass is 79.9. The summed E-state index contributed by atoms with van der Waals surface area (Å²) in [6.07, 6.45) is 2.68. The van der Waals surface area contributed by atoms with Crippen LogP contribution in [-0.4, -0.2) is 15.1 Å². The first kappa shape index (κ1) is 12.2. The van der Waals surface area contributed by atoms with Crippen molar-refractivity contribution in [3.63, 3.8) is 0 Å². The Bertz CT molecular complexity index is 141. The van der Waals surface area contributed by atoms with E-state index in [1.54, 1.807) is 0 Å². The molecule has 0 bridgehead atoms. The smallest absolute Gasteiger partial charge is 0.430 e. The molecule has 0 aromatic rings. The predicted molar refractivity (Wildman–Crippen MR) is 55.2 cm³/mol. The van der Waals surface area contributed by atoms with Crippen LogP contribution in [0.2, 0.25) is 0 Å². The number of nitrogens with zero attached hydrogens (tertiary/aromatic N) is 1. The first-order chi connectivity index (χ1) is 5.57. The van der Waals surface area contributed by atoms with Crippen molar-refractivity contribution in [3.8, 4) is 0 Å². The van der Waals surface area contributed by atoms with Crippen molar-refractivity contribution in [2.24, 2.45) is 0 Å². The zero-order chi connectivity index (χ0) is 9.56. The second kappa shape index (κ2) is 6.71. The third-order valence-corrected chi connectivity index (χ3v) is 1.98.